The molecule has 3 heterocycles. The van der Waals surface area contributed by atoms with Crippen molar-refractivity contribution in [3.63, 3.8) is 0 Å². The number of rotatable bonds is 5. The number of aromatic nitrogens is 3. The van der Waals surface area contributed by atoms with Crippen molar-refractivity contribution < 1.29 is 9.59 Å². The molecule has 0 saturated heterocycles. The standard InChI is InChI=1S/C29H21N5O2/c1-20-25(28(35)33(29(36)26(20)16-30)18-21-9-8-14-31-17-21)15-23-19-34(24-12-6-3-7-13-24)32-27(23)22-10-4-2-5-11-22/h2-15,17,19H,18H2,1H3. The van der Waals surface area contributed by atoms with Gasteiger partial charge in [-0.1, -0.05) is 54.6 Å². The summed E-state index contributed by atoms with van der Waals surface area (Å²) in [6, 6.07) is 24.8. The average Bonchev–Trinajstić information content (AvgIpc) is 3.35. The van der Waals surface area contributed by atoms with Gasteiger partial charge in [-0.15, -0.1) is 0 Å². The van der Waals surface area contributed by atoms with Gasteiger partial charge in [0.2, 0.25) is 0 Å². The molecule has 0 atom stereocenters. The highest BCUT2D eigenvalue weighted by molar-refractivity contribution is 6.19. The first-order valence-corrected chi connectivity index (χ1v) is 11.4. The molecule has 0 fully saturated rings. The lowest BCUT2D eigenvalue weighted by Gasteiger charge is -2.27. The second-order valence-electron chi connectivity index (χ2n) is 8.31. The van der Waals surface area contributed by atoms with E-state index >= 15 is 0 Å². The fraction of sp³-hybridized carbons (Fsp3) is 0.0690. The van der Waals surface area contributed by atoms with Gasteiger partial charge in [-0.25, -0.2) is 4.68 Å². The molecule has 5 rings (SSSR count). The molecule has 7 heteroatoms. The Bertz CT molecular complexity index is 1550. The van der Waals surface area contributed by atoms with E-state index in [2.05, 4.69) is 4.98 Å². The Morgan fingerprint density at radius 1 is 0.944 bits per heavy atom. The summed E-state index contributed by atoms with van der Waals surface area (Å²) in [4.78, 5) is 31.8. The summed E-state index contributed by atoms with van der Waals surface area (Å²) >= 11 is 0. The maximum absolute atomic E-state index is 13.6. The second-order valence-corrected chi connectivity index (χ2v) is 8.31. The number of nitriles is 1. The van der Waals surface area contributed by atoms with Crippen molar-refractivity contribution >= 4 is 17.9 Å². The van der Waals surface area contributed by atoms with E-state index in [1.165, 1.54) is 0 Å². The van der Waals surface area contributed by atoms with Gasteiger partial charge in [0.05, 0.1) is 17.9 Å². The zero-order valence-corrected chi connectivity index (χ0v) is 19.5. The van der Waals surface area contributed by atoms with E-state index in [-0.39, 0.29) is 17.7 Å². The Kier molecular flexibility index (Phi) is 6.08. The number of para-hydroxylation sites is 1. The first-order chi connectivity index (χ1) is 17.6. The Balaban J connectivity index is 1.65. The predicted octanol–water partition coefficient (Wildman–Crippen LogP) is 4.73. The van der Waals surface area contributed by atoms with Crippen molar-refractivity contribution in [1.82, 2.24) is 19.7 Å². The molecule has 4 aromatic rings. The second kappa shape index (κ2) is 9.65. The minimum absolute atomic E-state index is 0.0239. The molecule has 1 aliphatic rings. The molecule has 36 heavy (non-hydrogen) atoms. The third kappa shape index (κ3) is 4.24. The first kappa shape index (κ1) is 22.7. The van der Waals surface area contributed by atoms with Crippen molar-refractivity contribution in [2.75, 3.05) is 0 Å². The van der Waals surface area contributed by atoms with Gasteiger partial charge in [0.1, 0.15) is 11.6 Å². The summed E-state index contributed by atoms with van der Waals surface area (Å²) in [7, 11) is 0. The van der Waals surface area contributed by atoms with Crippen molar-refractivity contribution in [2.24, 2.45) is 0 Å². The lowest BCUT2D eigenvalue weighted by Crippen LogP contribution is -2.42. The molecular weight excluding hydrogens is 450 g/mol. The zero-order valence-electron chi connectivity index (χ0n) is 19.5. The molecule has 0 bridgehead atoms. The Labute approximate surface area is 208 Å². The summed E-state index contributed by atoms with van der Waals surface area (Å²) < 4.78 is 1.75. The minimum Gasteiger partial charge on any atom is -0.269 e. The predicted molar refractivity (Wildman–Crippen MR) is 135 cm³/mol. The summed E-state index contributed by atoms with van der Waals surface area (Å²) in [5, 5.41) is 14.5. The van der Waals surface area contributed by atoms with Crippen LogP contribution < -0.4 is 0 Å². The van der Waals surface area contributed by atoms with Crippen molar-refractivity contribution in [2.45, 2.75) is 13.5 Å². The summed E-state index contributed by atoms with van der Waals surface area (Å²) in [5.41, 5.74) is 4.39. The smallest absolute Gasteiger partial charge is 0.269 e. The molecule has 174 valence electrons. The fourth-order valence-corrected chi connectivity index (χ4v) is 4.13. The molecule has 0 radical (unpaired) electrons. The molecule has 0 saturated carbocycles. The molecule has 0 N–H and O–H groups in total. The van der Waals surface area contributed by atoms with Crippen molar-refractivity contribution in [3.8, 4) is 23.0 Å². The molecule has 0 aliphatic carbocycles. The number of benzene rings is 2. The monoisotopic (exact) mass is 471 g/mol. The van der Waals surface area contributed by atoms with Gasteiger partial charge < -0.3 is 0 Å². The van der Waals surface area contributed by atoms with Crippen LogP contribution in [0.3, 0.4) is 0 Å². The third-order valence-corrected chi connectivity index (χ3v) is 6.00. The van der Waals surface area contributed by atoms with E-state index in [0.717, 1.165) is 16.2 Å². The Hall–Kier alpha value is -5.09. The van der Waals surface area contributed by atoms with Gasteiger partial charge in [-0.2, -0.15) is 10.4 Å². The molecule has 0 spiro atoms. The maximum Gasteiger partial charge on any atom is 0.271 e. The summed E-state index contributed by atoms with van der Waals surface area (Å²) in [5.74, 6) is -1.07. The van der Waals surface area contributed by atoms with Crippen LogP contribution in [0.25, 0.3) is 23.0 Å². The van der Waals surface area contributed by atoms with Crippen LogP contribution in [0.15, 0.2) is 108 Å². The van der Waals surface area contributed by atoms with Gasteiger partial charge in [0.25, 0.3) is 11.8 Å². The molecular formula is C29H21N5O2. The van der Waals surface area contributed by atoms with E-state index < -0.39 is 11.8 Å². The largest absolute Gasteiger partial charge is 0.271 e. The topological polar surface area (TPSA) is 91.9 Å². The van der Waals surface area contributed by atoms with Crippen LogP contribution in [0.5, 0.6) is 0 Å². The minimum atomic E-state index is -0.607. The SMILES string of the molecule is CC1=C(C#N)C(=O)N(Cc2cccnc2)C(=O)C1=Cc1cn(-c2ccccc2)nc1-c1ccccc1. The number of pyridine rings is 1. The summed E-state index contributed by atoms with van der Waals surface area (Å²) in [6.07, 6.45) is 6.78. The Morgan fingerprint density at radius 3 is 2.33 bits per heavy atom. The fourth-order valence-electron chi connectivity index (χ4n) is 4.13. The maximum atomic E-state index is 13.6. The van der Waals surface area contributed by atoms with Gasteiger partial charge in [0.15, 0.2) is 0 Å². The van der Waals surface area contributed by atoms with Crippen LogP contribution in [0, 0.1) is 11.3 Å². The van der Waals surface area contributed by atoms with E-state index in [1.54, 1.807) is 42.2 Å². The van der Waals surface area contributed by atoms with Crippen LogP contribution >= 0.6 is 0 Å². The van der Waals surface area contributed by atoms with E-state index in [4.69, 9.17) is 5.10 Å². The molecule has 0 unspecified atom stereocenters. The van der Waals surface area contributed by atoms with Crippen LogP contribution in [-0.4, -0.2) is 31.5 Å². The average molecular weight is 472 g/mol. The number of nitrogens with zero attached hydrogens (tertiary/aromatic N) is 5. The molecule has 2 aromatic heterocycles. The lowest BCUT2D eigenvalue weighted by molar-refractivity contribution is -0.141. The number of carbonyl (C=O) groups excluding carboxylic acids is 2. The van der Waals surface area contributed by atoms with Gasteiger partial charge >= 0.3 is 0 Å². The summed E-state index contributed by atoms with van der Waals surface area (Å²) in [6.45, 7) is 1.65. The quantitative estimate of drug-likeness (QED) is 0.310. The number of carbonyl (C=O) groups is 2. The highest BCUT2D eigenvalue weighted by Gasteiger charge is 2.35. The normalized spacial score (nSPS) is 14.9. The molecule has 2 aromatic carbocycles. The highest BCUT2D eigenvalue weighted by Crippen LogP contribution is 2.31. The first-order valence-electron chi connectivity index (χ1n) is 11.4. The van der Waals surface area contributed by atoms with E-state index in [0.29, 0.717) is 22.4 Å². The highest BCUT2D eigenvalue weighted by atomic mass is 16.2. The third-order valence-electron chi connectivity index (χ3n) is 6.00. The van der Waals surface area contributed by atoms with Gasteiger partial charge in [-0.05, 0) is 42.3 Å². The Morgan fingerprint density at radius 2 is 1.67 bits per heavy atom. The van der Waals surface area contributed by atoms with Gasteiger partial charge in [-0.3, -0.25) is 19.5 Å². The lowest BCUT2D eigenvalue weighted by atomic mass is 9.93. The van der Waals surface area contributed by atoms with Crippen LogP contribution in [0.4, 0.5) is 0 Å². The van der Waals surface area contributed by atoms with Crippen molar-refractivity contribution in [1.29, 1.82) is 5.26 Å². The molecule has 7 nitrogen and oxygen atoms in total. The number of amides is 2. The van der Waals surface area contributed by atoms with Crippen LogP contribution in [0.1, 0.15) is 18.1 Å². The number of hydrogen-bond donors (Lipinski definition) is 0. The number of hydrogen-bond acceptors (Lipinski definition) is 5. The van der Waals surface area contributed by atoms with Gasteiger partial charge in [0, 0.05) is 35.3 Å². The van der Waals surface area contributed by atoms with E-state index in [9.17, 15) is 14.9 Å². The molecule has 2 amide bonds. The zero-order chi connectivity index (χ0) is 25.1. The van der Waals surface area contributed by atoms with Crippen LogP contribution in [-0.2, 0) is 16.1 Å². The van der Waals surface area contributed by atoms with Crippen LogP contribution in [0.2, 0.25) is 0 Å². The number of imide groups is 1. The molecule has 1 aliphatic heterocycles. The van der Waals surface area contributed by atoms with Crippen molar-refractivity contribution in [3.05, 3.63) is 119 Å². The van der Waals surface area contributed by atoms with E-state index in [1.807, 2.05) is 72.9 Å².